The van der Waals surface area contributed by atoms with Crippen LogP contribution in [0.25, 0.3) is 44.7 Å². The van der Waals surface area contributed by atoms with Crippen molar-refractivity contribution in [3.8, 4) is 33.9 Å². The number of likely N-dealkylation sites (tertiary alicyclic amines) is 2. The molecular formula is C42H50N10O6. The maximum atomic E-state index is 13.6. The van der Waals surface area contributed by atoms with Crippen molar-refractivity contribution in [2.75, 3.05) is 27.2 Å². The monoisotopic (exact) mass is 790 g/mol. The van der Waals surface area contributed by atoms with E-state index in [1.54, 1.807) is 34.6 Å². The van der Waals surface area contributed by atoms with Crippen LogP contribution in [-0.2, 0) is 14.3 Å². The molecule has 4 amide bonds. The highest BCUT2D eigenvalue weighted by atomic mass is 16.5. The SMILES string of the molecule is COC(=O)NC(C(=O)N1CCCC1c1ncc(-c2cnc(-c3ccc4cc(-c5cnc(C6CCCN6C(=O)[C@H](C(C)C)N(C)C(=O)O)[nH]5)ccc4c3)cn2)[nH]1)C(C)C. The number of aromatic nitrogens is 6. The molecule has 16 nitrogen and oxygen atoms in total. The van der Waals surface area contributed by atoms with Gasteiger partial charge in [0, 0.05) is 31.3 Å². The van der Waals surface area contributed by atoms with Crippen LogP contribution in [0.3, 0.4) is 0 Å². The second-order valence-electron chi connectivity index (χ2n) is 15.7. The first kappa shape index (κ1) is 39.9. The number of aromatic amines is 2. The van der Waals surface area contributed by atoms with Gasteiger partial charge in [-0.25, -0.2) is 19.6 Å². The van der Waals surface area contributed by atoms with E-state index >= 15 is 0 Å². The van der Waals surface area contributed by atoms with E-state index in [0.29, 0.717) is 41.8 Å². The van der Waals surface area contributed by atoms with E-state index in [1.807, 2.05) is 45.9 Å². The van der Waals surface area contributed by atoms with Crippen molar-refractivity contribution in [1.29, 1.82) is 0 Å². The van der Waals surface area contributed by atoms with E-state index in [4.69, 9.17) is 14.7 Å². The number of H-pyrrole nitrogens is 2. The molecule has 58 heavy (non-hydrogen) atoms. The Morgan fingerprint density at radius 1 is 0.759 bits per heavy atom. The summed E-state index contributed by atoms with van der Waals surface area (Å²) in [4.78, 5) is 81.0. The molecule has 0 spiro atoms. The lowest BCUT2D eigenvalue weighted by molar-refractivity contribution is -0.138. The second-order valence-corrected chi connectivity index (χ2v) is 15.7. The molecule has 0 radical (unpaired) electrons. The smallest absolute Gasteiger partial charge is 0.407 e. The van der Waals surface area contributed by atoms with Crippen LogP contribution in [-0.4, -0.2) is 113 Å². The Bertz CT molecular complexity index is 2300. The number of fused-ring (bicyclic) bond motifs is 1. The van der Waals surface area contributed by atoms with Gasteiger partial charge in [0.1, 0.15) is 29.4 Å². The molecule has 2 saturated heterocycles. The molecule has 4 atom stereocenters. The number of hydrogen-bond acceptors (Lipinski definition) is 9. The standard InChI is InChI=1S/C42H50N10O6/c1-23(2)35(49-41(55)58-6)39(53)51-15-7-9-33(51)38-46-22-32(48-38)31-21-43-29(19-44-31)27-13-11-26-18-28(14-12-25(26)17-27)30-20-45-37(47-30)34-10-8-16-52(34)40(54)36(24(3)4)50(5)42(56)57/h11-14,17-24,33-36H,7-10,15-16H2,1-6H3,(H,45,47)(H,46,48)(H,49,55)(H,56,57)/t33?,34?,35?,36-/m0/s1. The molecule has 3 aromatic heterocycles. The lowest BCUT2D eigenvalue weighted by atomic mass is 10.0. The normalized spacial score (nSPS) is 17.9. The third kappa shape index (κ3) is 7.95. The highest BCUT2D eigenvalue weighted by Gasteiger charge is 2.40. The second kappa shape index (κ2) is 16.6. The number of carbonyl (C=O) groups is 4. The Morgan fingerprint density at radius 3 is 1.88 bits per heavy atom. The highest BCUT2D eigenvalue weighted by Crippen LogP contribution is 2.35. The maximum absolute atomic E-state index is 13.6. The van der Waals surface area contributed by atoms with Gasteiger partial charge in [0.2, 0.25) is 11.8 Å². The van der Waals surface area contributed by atoms with Gasteiger partial charge < -0.3 is 34.9 Å². The van der Waals surface area contributed by atoms with E-state index in [0.717, 1.165) is 58.2 Å². The van der Waals surface area contributed by atoms with E-state index < -0.39 is 24.3 Å². The number of benzene rings is 2. The molecule has 2 aromatic carbocycles. The number of ether oxygens (including phenoxy) is 1. The zero-order valence-corrected chi connectivity index (χ0v) is 33.6. The number of likely N-dealkylation sites (N-methyl/N-ethyl adjacent to an activating group) is 1. The minimum absolute atomic E-state index is 0.125. The van der Waals surface area contributed by atoms with E-state index in [1.165, 1.54) is 14.2 Å². The zero-order valence-electron chi connectivity index (χ0n) is 33.6. The number of hydrogen-bond donors (Lipinski definition) is 4. The maximum Gasteiger partial charge on any atom is 0.407 e. The highest BCUT2D eigenvalue weighted by molar-refractivity contribution is 5.90. The summed E-state index contributed by atoms with van der Waals surface area (Å²) < 4.78 is 4.75. The quantitative estimate of drug-likeness (QED) is 0.116. The third-order valence-electron chi connectivity index (χ3n) is 11.3. The van der Waals surface area contributed by atoms with E-state index in [2.05, 4.69) is 43.5 Å². The van der Waals surface area contributed by atoms with Crippen LogP contribution in [0.4, 0.5) is 9.59 Å². The van der Waals surface area contributed by atoms with Crippen molar-refractivity contribution in [2.45, 2.75) is 77.5 Å². The molecule has 16 heteroatoms. The summed E-state index contributed by atoms with van der Waals surface area (Å²) in [7, 11) is 2.72. The molecule has 3 unspecified atom stereocenters. The van der Waals surface area contributed by atoms with Gasteiger partial charge in [0.15, 0.2) is 0 Å². The Kier molecular flexibility index (Phi) is 11.5. The summed E-state index contributed by atoms with van der Waals surface area (Å²) in [5.74, 6) is 0.665. The first-order valence-corrected chi connectivity index (χ1v) is 19.7. The van der Waals surface area contributed by atoms with Crippen LogP contribution < -0.4 is 5.32 Å². The summed E-state index contributed by atoms with van der Waals surface area (Å²) >= 11 is 0. The molecule has 4 N–H and O–H groups in total. The minimum Gasteiger partial charge on any atom is -0.465 e. The van der Waals surface area contributed by atoms with Gasteiger partial charge in [0.05, 0.1) is 61.1 Å². The van der Waals surface area contributed by atoms with Crippen LogP contribution in [0.15, 0.2) is 61.2 Å². The van der Waals surface area contributed by atoms with Crippen molar-refractivity contribution >= 4 is 34.8 Å². The molecule has 0 aliphatic carbocycles. The van der Waals surface area contributed by atoms with Gasteiger partial charge >= 0.3 is 12.2 Å². The van der Waals surface area contributed by atoms with Crippen molar-refractivity contribution in [3.63, 3.8) is 0 Å². The number of carbonyl (C=O) groups excluding carboxylic acids is 3. The molecule has 5 aromatic rings. The van der Waals surface area contributed by atoms with Gasteiger partial charge in [-0.15, -0.1) is 0 Å². The third-order valence-corrected chi connectivity index (χ3v) is 11.3. The largest absolute Gasteiger partial charge is 0.465 e. The first-order valence-electron chi connectivity index (χ1n) is 19.7. The van der Waals surface area contributed by atoms with Gasteiger partial charge in [-0.05, 0) is 60.4 Å². The molecule has 5 heterocycles. The number of carboxylic acid groups (broad SMARTS) is 1. The predicted octanol–water partition coefficient (Wildman–Crippen LogP) is 6.42. The Hall–Kier alpha value is -6.32. The average molecular weight is 791 g/mol. The van der Waals surface area contributed by atoms with Crippen molar-refractivity contribution < 1.29 is 29.0 Å². The Morgan fingerprint density at radius 2 is 1.31 bits per heavy atom. The van der Waals surface area contributed by atoms with Crippen LogP contribution in [0.1, 0.15) is 77.1 Å². The summed E-state index contributed by atoms with van der Waals surface area (Å²) in [6.07, 6.45) is 8.27. The summed E-state index contributed by atoms with van der Waals surface area (Å²) in [5.41, 5.74) is 4.71. The molecule has 0 bridgehead atoms. The van der Waals surface area contributed by atoms with Gasteiger partial charge in [-0.1, -0.05) is 52.0 Å². The average Bonchev–Trinajstić information content (AvgIpc) is 4.06. The summed E-state index contributed by atoms with van der Waals surface area (Å²) in [6, 6.07) is 10.3. The number of nitrogens with zero attached hydrogens (tertiary/aromatic N) is 7. The fraction of sp³-hybridized carbons (Fsp3) is 0.429. The Labute approximate surface area is 336 Å². The van der Waals surface area contributed by atoms with E-state index in [9.17, 15) is 24.3 Å². The summed E-state index contributed by atoms with van der Waals surface area (Å²) in [5, 5.41) is 14.3. The minimum atomic E-state index is -1.13. The molecule has 2 aliphatic heterocycles. The molecule has 304 valence electrons. The van der Waals surface area contributed by atoms with Crippen molar-refractivity contribution in [1.82, 2.24) is 49.9 Å². The van der Waals surface area contributed by atoms with Crippen molar-refractivity contribution in [2.24, 2.45) is 11.8 Å². The van der Waals surface area contributed by atoms with Crippen LogP contribution in [0, 0.1) is 11.8 Å². The Balaban J connectivity index is 1.03. The molecule has 2 aliphatic rings. The van der Waals surface area contributed by atoms with Gasteiger partial charge in [-0.2, -0.15) is 0 Å². The van der Waals surface area contributed by atoms with Gasteiger partial charge in [-0.3, -0.25) is 24.5 Å². The number of rotatable bonds is 11. The lowest BCUT2D eigenvalue weighted by Gasteiger charge is -2.33. The van der Waals surface area contributed by atoms with Gasteiger partial charge in [0.25, 0.3) is 0 Å². The zero-order chi connectivity index (χ0) is 41.2. The molecule has 2 fully saturated rings. The van der Waals surface area contributed by atoms with Crippen LogP contribution in [0.5, 0.6) is 0 Å². The molecule has 7 rings (SSSR count). The van der Waals surface area contributed by atoms with E-state index in [-0.39, 0.29) is 35.7 Å². The number of alkyl carbamates (subject to hydrolysis) is 1. The lowest BCUT2D eigenvalue weighted by Crippen LogP contribution is -2.51. The number of nitrogens with one attached hydrogen (secondary N) is 3. The van der Waals surface area contributed by atoms with Crippen molar-refractivity contribution in [3.05, 3.63) is 72.8 Å². The number of imidazole rings is 2. The van der Waals surface area contributed by atoms with Crippen LogP contribution in [0.2, 0.25) is 0 Å². The number of amides is 4. The fourth-order valence-corrected chi connectivity index (χ4v) is 8.17. The predicted molar refractivity (Wildman–Crippen MR) is 216 cm³/mol. The number of methoxy groups -OCH3 is 1. The fourth-order valence-electron chi connectivity index (χ4n) is 8.17. The molecule has 0 saturated carbocycles. The van der Waals surface area contributed by atoms with Crippen LogP contribution >= 0.6 is 0 Å². The topological polar surface area (TPSA) is 203 Å². The first-order chi connectivity index (χ1) is 27.8. The summed E-state index contributed by atoms with van der Waals surface area (Å²) in [6.45, 7) is 8.60. The molecular weight excluding hydrogens is 741 g/mol.